The third kappa shape index (κ3) is 5.10. The van der Waals surface area contributed by atoms with Crippen LogP contribution in [0.3, 0.4) is 0 Å². The molecule has 0 aliphatic heterocycles. The van der Waals surface area contributed by atoms with Gasteiger partial charge < -0.3 is 0 Å². The van der Waals surface area contributed by atoms with Crippen LogP contribution in [0.2, 0.25) is 0 Å². The molecule has 31 heavy (non-hydrogen) atoms. The predicted molar refractivity (Wildman–Crippen MR) is 136 cm³/mol. The fourth-order valence-electron chi connectivity index (χ4n) is 4.46. The van der Waals surface area contributed by atoms with Gasteiger partial charge in [-0.2, -0.15) is 0 Å². The van der Waals surface area contributed by atoms with Crippen LogP contribution < -0.4 is 0 Å². The van der Waals surface area contributed by atoms with Gasteiger partial charge in [-0.1, -0.05) is 0 Å². The van der Waals surface area contributed by atoms with Crippen LogP contribution in [0.15, 0.2) is 35.9 Å². The molecule has 1 aliphatic rings. The summed E-state index contributed by atoms with van der Waals surface area (Å²) in [5, 5.41) is 0. The second-order valence-corrected chi connectivity index (χ2v) is 21.0. The number of benzene rings is 2. The maximum absolute atomic E-state index is 6.63. The predicted octanol–water partition coefficient (Wildman–Crippen LogP) is 9.63. The first-order chi connectivity index (χ1) is 14.0. The quantitative estimate of drug-likeness (QED) is 0.359. The van der Waals surface area contributed by atoms with E-state index in [0.29, 0.717) is 0 Å². The van der Waals surface area contributed by atoms with Gasteiger partial charge in [0.05, 0.1) is 0 Å². The SMILES string of the molecule is CC1=Cc2c(ccc(C(C)(C)C)c2-c2cc(C(C)(C)C)cc(C(C)(C)C)c2)[CH]1[Zr]([Cl])[Cl]. The van der Waals surface area contributed by atoms with E-state index in [0.717, 1.165) is 0 Å². The number of hydrogen-bond donors (Lipinski definition) is 0. The summed E-state index contributed by atoms with van der Waals surface area (Å²) in [5.74, 6) is 0. The first-order valence-corrected chi connectivity index (χ1v) is 19.0. The van der Waals surface area contributed by atoms with E-state index in [1.807, 2.05) is 0 Å². The molecule has 0 heterocycles. The molecule has 1 unspecified atom stereocenters. The zero-order valence-corrected chi connectivity index (χ0v) is 24.8. The average Bonchev–Trinajstić information content (AvgIpc) is 2.94. The summed E-state index contributed by atoms with van der Waals surface area (Å²) in [5.41, 5.74) is 11.0. The average molecular weight is 536 g/mol. The molecule has 0 spiro atoms. The molecule has 0 saturated carbocycles. The Hall–Kier alpha value is -0.357. The molecular formula is C28H37Cl2Zr. The molecule has 167 valence electrons. The fraction of sp³-hybridized carbons (Fsp3) is 0.500. The van der Waals surface area contributed by atoms with E-state index in [9.17, 15) is 0 Å². The van der Waals surface area contributed by atoms with Crippen LogP contribution in [0.4, 0.5) is 0 Å². The van der Waals surface area contributed by atoms with Gasteiger partial charge in [-0.25, -0.2) is 0 Å². The van der Waals surface area contributed by atoms with Gasteiger partial charge in [0.1, 0.15) is 0 Å². The first kappa shape index (κ1) is 25.3. The number of allylic oxidation sites excluding steroid dienone is 1. The van der Waals surface area contributed by atoms with Crippen molar-refractivity contribution >= 4 is 23.1 Å². The molecule has 2 aromatic rings. The molecule has 2 aromatic carbocycles. The molecular weight excluding hydrogens is 498 g/mol. The second kappa shape index (κ2) is 8.45. The van der Waals surface area contributed by atoms with Gasteiger partial charge in [-0.05, 0) is 0 Å². The second-order valence-electron chi connectivity index (χ2n) is 12.2. The Kier molecular flexibility index (Phi) is 6.89. The van der Waals surface area contributed by atoms with Crippen molar-refractivity contribution in [2.75, 3.05) is 0 Å². The summed E-state index contributed by atoms with van der Waals surface area (Å²) in [7, 11) is 13.3. The van der Waals surface area contributed by atoms with E-state index < -0.39 is 19.4 Å². The maximum atomic E-state index is 6.63. The van der Waals surface area contributed by atoms with Crippen molar-refractivity contribution in [2.45, 2.75) is 89.1 Å². The third-order valence-electron chi connectivity index (χ3n) is 6.40. The van der Waals surface area contributed by atoms with Crippen LogP contribution in [-0.2, 0) is 35.6 Å². The molecule has 3 heteroatoms. The van der Waals surface area contributed by atoms with Crippen molar-refractivity contribution in [1.82, 2.24) is 0 Å². The summed E-state index contributed by atoms with van der Waals surface area (Å²) in [6.07, 6.45) is 2.36. The zero-order valence-electron chi connectivity index (χ0n) is 20.8. The first-order valence-electron chi connectivity index (χ1n) is 11.2. The van der Waals surface area contributed by atoms with Crippen molar-refractivity contribution in [3.63, 3.8) is 0 Å². The Bertz CT molecular complexity index is 992. The van der Waals surface area contributed by atoms with Gasteiger partial charge >= 0.3 is 206 Å². The van der Waals surface area contributed by atoms with E-state index in [1.165, 1.54) is 44.5 Å². The molecule has 0 nitrogen and oxygen atoms in total. The van der Waals surface area contributed by atoms with Crippen LogP contribution in [0.5, 0.6) is 0 Å². The molecule has 0 amide bonds. The van der Waals surface area contributed by atoms with Gasteiger partial charge in [-0.3, -0.25) is 0 Å². The summed E-state index contributed by atoms with van der Waals surface area (Å²) in [6.45, 7) is 22.9. The van der Waals surface area contributed by atoms with E-state index in [4.69, 9.17) is 17.0 Å². The summed E-state index contributed by atoms with van der Waals surface area (Å²) >= 11 is -2.49. The Balaban J connectivity index is 2.43. The summed E-state index contributed by atoms with van der Waals surface area (Å²) in [4.78, 5) is 0. The Morgan fingerprint density at radius 1 is 0.742 bits per heavy atom. The van der Waals surface area contributed by atoms with E-state index in [1.54, 1.807) is 0 Å². The molecule has 0 N–H and O–H groups in total. The molecule has 0 fully saturated rings. The molecule has 0 radical (unpaired) electrons. The zero-order chi connectivity index (χ0) is 23.5. The third-order valence-corrected chi connectivity index (χ3v) is 11.9. The fourth-order valence-corrected chi connectivity index (χ4v) is 10.1. The van der Waals surface area contributed by atoms with Crippen molar-refractivity contribution in [3.05, 3.63) is 63.7 Å². The summed E-state index contributed by atoms with van der Waals surface area (Å²) < 4.78 is 0.251. The normalized spacial score (nSPS) is 16.9. The van der Waals surface area contributed by atoms with Crippen LogP contribution in [0, 0.1) is 0 Å². The Morgan fingerprint density at radius 3 is 1.68 bits per heavy atom. The molecule has 3 rings (SSSR count). The van der Waals surface area contributed by atoms with Crippen molar-refractivity contribution in [1.29, 1.82) is 0 Å². The molecule has 1 atom stereocenters. The van der Waals surface area contributed by atoms with E-state index >= 15 is 0 Å². The Morgan fingerprint density at radius 2 is 1.26 bits per heavy atom. The molecule has 0 saturated heterocycles. The van der Waals surface area contributed by atoms with Crippen molar-refractivity contribution < 1.29 is 19.4 Å². The van der Waals surface area contributed by atoms with Crippen LogP contribution in [-0.4, -0.2) is 0 Å². The number of hydrogen-bond acceptors (Lipinski definition) is 0. The van der Waals surface area contributed by atoms with Crippen LogP contribution >= 0.6 is 17.0 Å². The number of fused-ring (bicyclic) bond motifs is 1. The van der Waals surface area contributed by atoms with Gasteiger partial charge in [0.15, 0.2) is 0 Å². The van der Waals surface area contributed by atoms with Crippen LogP contribution in [0.25, 0.3) is 17.2 Å². The number of rotatable bonds is 2. The van der Waals surface area contributed by atoms with E-state index in [-0.39, 0.29) is 19.9 Å². The monoisotopic (exact) mass is 533 g/mol. The van der Waals surface area contributed by atoms with Gasteiger partial charge in [0, 0.05) is 0 Å². The minimum absolute atomic E-state index is 0.0351. The van der Waals surface area contributed by atoms with E-state index in [2.05, 4.69) is 106 Å². The molecule has 1 aliphatic carbocycles. The topological polar surface area (TPSA) is 0 Å². The number of halogens is 2. The standard InChI is InChI=1S/C28H37.2ClH.Zr/c1-18-13-19-11-12-24(28(8,9)10)25(23(19)14-18)20-15-21(26(2,3)4)17-22(16-20)27(5,6)7;;;/h11-17H,1-10H3;2*1H;/q;;;+2/p-2. The van der Waals surface area contributed by atoms with Gasteiger partial charge in [0.25, 0.3) is 0 Å². The van der Waals surface area contributed by atoms with Crippen LogP contribution in [0.1, 0.15) is 101 Å². The molecule has 0 aromatic heterocycles. The van der Waals surface area contributed by atoms with Crippen molar-refractivity contribution in [2.24, 2.45) is 0 Å². The minimum atomic E-state index is -2.49. The molecule has 0 bridgehead atoms. The van der Waals surface area contributed by atoms with Crippen molar-refractivity contribution in [3.8, 4) is 11.1 Å². The summed E-state index contributed by atoms with van der Waals surface area (Å²) in [6, 6.07) is 11.8. The Labute approximate surface area is 205 Å². The van der Waals surface area contributed by atoms with Gasteiger partial charge in [-0.15, -0.1) is 0 Å². The van der Waals surface area contributed by atoms with Gasteiger partial charge in [0.2, 0.25) is 0 Å².